The zero-order valence-electron chi connectivity index (χ0n) is 7.08. The first-order chi connectivity index (χ1) is 4.43. The van der Waals surface area contributed by atoms with Crippen LogP contribution in [0.4, 0.5) is 0 Å². The molecule has 10 heavy (non-hydrogen) atoms. The number of hydroxylamine groups is 2. The van der Waals surface area contributed by atoms with E-state index in [-0.39, 0.29) is 31.0 Å². The Morgan fingerprint density at radius 3 is 2.60 bits per heavy atom. The Morgan fingerprint density at radius 2 is 2.10 bits per heavy atom. The van der Waals surface area contributed by atoms with E-state index in [1.54, 1.807) is 5.06 Å². The molecular formula is C5H10NNaO3. The molecular weight excluding hydrogens is 145 g/mol. The van der Waals surface area contributed by atoms with Gasteiger partial charge in [0, 0.05) is 0 Å². The normalized spacial score (nSPS) is 19.2. The van der Waals surface area contributed by atoms with Crippen molar-refractivity contribution in [3.8, 4) is 0 Å². The fourth-order valence-electron chi connectivity index (χ4n) is 0.713. The van der Waals surface area contributed by atoms with Crippen molar-refractivity contribution in [1.29, 1.82) is 0 Å². The molecule has 0 aliphatic carbocycles. The van der Waals surface area contributed by atoms with Crippen molar-refractivity contribution in [2.24, 2.45) is 0 Å². The summed E-state index contributed by atoms with van der Waals surface area (Å²) in [5.41, 5.74) is 0. The second-order valence-electron chi connectivity index (χ2n) is 1.74. The van der Waals surface area contributed by atoms with Crippen molar-refractivity contribution in [2.75, 3.05) is 26.3 Å². The van der Waals surface area contributed by atoms with Crippen LogP contribution in [0.5, 0.6) is 0 Å². The standard InChI is InChI=1S/C5H9NO3.Na.H/c7-5-9-6-1-3-8-4-2-6;;/h5H,1-4H2;;/q;+1;-1. The van der Waals surface area contributed by atoms with E-state index in [9.17, 15) is 4.79 Å². The first-order valence-corrected chi connectivity index (χ1v) is 2.86. The monoisotopic (exact) mass is 155 g/mol. The van der Waals surface area contributed by atoms with Crippen LogP contribution in [0.3, 0.4) is 0 Å². The fourth-order valence-corrected chi connectivity index (χ4v) is 0.713. The Labute approximate surface area is 83.2 Å². The van der Waals surface area contributed by atoms with E-state index in [1.807, 2.05) is 0 Å². The van der Waals surface area contributed by atoms with Crippen molar-refractivity contribution in [3.05, 3.63) is 0 Å². The molecule has 0 aromatic rings. The summed E-state index contributed by atoms with van der Waals surface area (Å²) in [6, 6.07) is 0. The smallest absolute Gasteiger partial charge is 1.00 e. The molecule has 1 aliphatic rings. The van der Waals surface area contributed by atoms with Gasteiger partial charge in [0.15, 0.2) is 0 Å². The number of carbonyl (C=O) groups excluding carboxylic acids is 1. The van der Waals surface area contributed by atoms with Crippen LogP contribution in [0.2, 0.25) is 0 Å². The Kier molecular flexibility index (Phi) is 6.36. The zero-order valence-corrected chi connectivity index (χ0v) is 8.08. The number of hydrogen-bond acceptors (Lipinski definition) is 4. The summed E-state index contributed by atoms with van der Waals surface area (Å²) < 4.78 is 5.01. The Morgan fingerprint density at radius 1 is 1.50 bits per heavy atom. The van der Waals surface area contributed by atoms with Crippen LogP contribution in [0.25, 0.3) is 0 Å². The Balaban J connectivity index is 0. The van der Waals surface area contributed by atoms with Gasteiger partial charge in [0.25, 0.3) is 0 Å². The van der Waals surface area contributed by atoms with Crippen LogP contribution in [0.1, 0.15) is 1.43 Å². The second-order valence-corrected chi connectivity index (χ2v) is 1.74. The van der Waals surface area contributed by atoms with Crippen molar-refractivity contribution < 1.29 is 45.4 Å². The molecule has 0 bridgehead atoms. The van der Waals surface area contributed by atoms with Gasteiger partial charge in [-0.3, -0.25) is 4.79 Å². The van der Waals surface area contributed by atoms with Crippen LogP contribution < -0.4 is 29.6 Å². The van der Waals surface area contributed by atoms with Crippen molar-refractivity contribution in [2.45, 2.75) is 0 Å². The van der Waals surface area contributed by atoms with Crippen molar-refractivity contribution >= 4 is 6.47 Å². The summed E-state index contributed by atoms with van der Waals surface area (Å²) in [4.78, 5) is 14.3. The molecule has 54 valence electrons. The third-order valence-corrected chi connectivity index (χ3v) is 1.16. The molecule has 0 aromatic heterocycles. The van der Waals surface area contributed by atoms with Crippen molar-refractivity contribution in [1.82, 2.24) is 5.06 Å². The molecule has 0 saturated carbocycles. The van der Waals surface area contributed by atoms with Gasteiger partial charge in [-0.15, -0.1) is 5.06 Å². The molecule has 0 aromatic carbocycles. The molecule has 0 amide bonds. The molecule has 1 fully saturated rings. The minimum Gasteiger partial charge on any atom is -1.00 e. The average Bonchev–Trinajstić information content (AvgIpc) is 1.91. The van der Waals surface area contributed by atoms with Crippen LogP contribution >= 0.6 is 0 Å². The minimum atomic E-state index is 0. The minimum absolute atomic E-state index is 0. The molecule has 0 spiro atoms. The molecule has 1 saturated heterocycles. The quantitative estimate of drug-likeness (QED) is 0.307. The van der Waals surface area contributed by atoms with E-state index < -0.39 is 0 Å². The number of morpholine rings is 1. The SMILES string of the molecule is O=CON1CCOCC1.[H-].[Na+]. The fraction of sp³-hybridized carbons (Fsp3) is 0.800. The molecule has 5 heteroatoms. The van der Waals surface area contributed by atoms with E-state index in [0.29, 0.717) is 32.8 Å². The topological polar surface area (TPSA) is 38.8 Å². The maximum absolute atomic E-state index is 9.77. The van der Waals surface area contributed by atoms with Gasteiger partial charge in [0.2, 0.25) is 0 Å². The van der Waals surface area contributed by atoms with Crippen LogP contribution in [-0.2, 0) is 14.4 Å². The maximum atomic E-state index is 9.77. The first-order valence-electron chi connectivity index (χ1n) is 2.86. The number of nitrogens with zero attached hydrogens (tertiary/aromatic N) is 1. The van der Waals surface area contributed by atoms with Gasteiger partial charge in [0.1, 0.15) is 0 Å². The maximum Gasteiger partial charge on any atom is 1.00 e. The van der Waals surface area contributed by atoms with Crippen LogP contribution in [-0.4, -0.2) is 37.8 Å². The van der Waals surface area contributed by atoms with Crippen LogP contribution in [0.15, 0.2) is 0 Å². The second kappa shape index (κ2) is 6.12. The summed E-state index contributed by atoms with van der Waals surface area (Å²) in [5, 5.41) is 1.58. The molecule has 4 nitrogen and oxygen atoms in total. The number of carbonyl (C=O) groups is 1. The van der Waals surface area contributed by atoms with Gasteiger partial charge < -0.3 is 11.0 Å². The van der Waals surface area contributed by atoms with E-state index >= 15 is 0 Å². The van der Waals surface area contributed by atoms with Crippen LogP contribution in [0, 0.1) is 0 Å². The predicted molar refractivity (Wildman–Crippen MR) is 30.7 cm³/mol. The molecule has 1 heterocycles. The molecule has 0 atom stereocenters. The van der Waals surface area contributed by atoms with Gasteiger partial charge in [-0.1, -0.05) is 0 Å². The number of rotatable bonds is 2. The zero-order chi connectivity index (χ0) is 6.53. The third kappa shape index (κ3) is 3.53. The van der Waals surface area contributed by atoms with Gasteiger partial charge in [-0.25, -0.2) is 0 Å². The van der Waals surface area contributed by atoms with E-state index in [0.717, 1.165) is 0 Å². The molecule has 0 N–H and O–H groups in total. The van der Waals surface area contributed by atoms with Gasteiger partial charge in [0.05, 0.1) is 26.3 Å². The Bertz CT molecular complexity index is 99.7. The third-order valence-electron chi connectivity index (χ3n) is 1.16. The Hall–Kier alpha value is 0.390. The molecule has 0 unspecified atom stereocenters. The van der Waals surface area contributed by atoms with E-state index in [2.05, 4.69) is 4.84 Å². The summed E-state index contributed by atoms with van der Waals surface area (Å²) >= 11 is 0. The number of hydrogen-bond donors (Lipinski definition) is 0. The summed E-state index contributed by atoms with van der Waals surface area (Å²) in [6.07, 6.45) is 0. The largest absolute Gasteiger partial charge is 1.00 e. The average molecular weight is 155 g/mol. The van der Waals surface area contributed by atoms with E-state index in [1.165, 1.54) is 0 Å². The molecule has 0 radical (unpaired) electrons. The molecule has 1 aliphatic heterocycles. The summed E-state index contributed by atoms with van der Waals surface area (Å²) in [5.74, 6) is 0. The summed E-state index contributed by atoms with van der Waals surface area (Å²) in [6.45, 7) is 3.09. The summed E-state index contributed by atoms with van der Waals surface area (Å²) in [7, 11) is 0. The van der Waals surface area contributed by atoms with Gasteiger partial charge in [-0.2, -0.15) is 0 Å². The van der Waals surface area contributed by atoms with Gasteiger partial charge in [-0.05, 0) is 0 Å². The molecule has 1 rings (SSSR count). The van der Waals surface area contributed by atoms with Gasteiger partial charge >= 0.3 is 36.0 Å². The predicted octanol–water partition coefficient (Wildman–Crippen LogP) is -3.48. The number of ether oxygens (including phenoxy) is 1. The van der Waals surface area contributed by atoms with Crippen molar-refractivity contribution in [3.63, 3.8) is 0 Å². The van der Waals surface area contributed by atoms with E-state index in [4.69, 9.17) is 4.74 Å². The first kappa shape index (κ1) is 10.4.